The van der Waals surface area contributed by atoms with Crippen LogP contribution in [0.1, 0.15) is 23.4 Å². The zero-order chi connectivity index (χ0) is 10.3. The highest BCUT2D eigenvalue weighted by Crippen LogP contribution is 2.30. The summed E-state index contributed by atoms with van der Waals surface area (Å²) in [5.74, 6) is 0. The Morgan fingerprint density at radius 3 is 2.86 bits per heavy atom. The molecule has 0 fully saturated rings. The van der Waals surface area contributed by atoms with Crippen molar-refractivity contribution in [3.63, 3.8) is 0 Å². The van der Waals surface area contributed by atoms with Gasteiger partial charge in [0.25, 0.3) is 0 Å². The second-order valence-electron chi connectivity index (χ2n) is 3.32. The minimum atomic E-state index is 0.271. The smallest absolute Gasteiger partial charge is 0.122 e. The minimum Gasteiger partial charge on any atom is -0.396 e. The van der Waals surface area contributed by atoms with Crippen LogP contribution in [0.2, 0.25) is 0 Å². The zero-order valence-electron chi connectivity index (χ0n) is 7.58. The summed E-state index contributed by atoms with van der Waals surface area (Å²) in [6.45, 7) is 0.855. The average Bonchev–Trinajstić information content (AvgIpc) is 2.62. The van der Waals surface area contributed by atoms with E-state index in [2.05, 4.69) is 6.07 Å². The number of aromatic nitrogens is 1. The molecule has 2 heterocycles. The lowest BCUT2D eigenvalue weighted by Crippen LogP contribution is -2.16. The molecule has 0 saturated carbocycles. The molecule has 0 unspecified atom stereocenters. The first-order chi connectivity index (χ1) is 6.66. The number of rotatable bonds is 1. The van der Waals surface area contributed by atoms with E-state index in [1.807, 2.05) is 4.57 Å². The normalized spacial score (nSPS) is 13.6. The molecule has 5 heteroatoms. The molecule has 4 N–H and O–H groups in total. The Labute approximate surface area is 87.1 Å². The van der Waals surface area contributed by atoms with Crippen LogP contribution in [0.4, 0.5) is 5.69 Å². The van der Waals surface area contributed by atoms with E-state index in [1.165, 1.54) is 0 Å². The van der Waals surface area contributed by atoms with Gasteiger partial charge in [0.05, 0.1) is 11.3 Å². The summed E-state index contributed by atoms with van der Waals surface area (Å²) in [5, 5.41) is 8.95. The van der Waals surface area contributed by atoms with Crippen molar-refractivity contribution in [2.45, 2.75) is 19.4 Å². The van der Waals surface area contributed by atoms with Gasteiger partial charge in [-0.05, 0) is 12.8 Å². The largest absolute Gasteiger partial charge is 0.396 e. The molecule has 0 amide bonds. The molecule has 2 rings (SSSR count). The fourth-order valence-electron chi connectivity index (χ4n) is 1.99. The van der Waals surface area contributed by atoms with Crippen LogP contribution in [0, 0.1) is 11.3 Å². The molecule has 0 atom stereocenters. The van der Waals surface area contributed by atoms with Crippen molar-refractivity contribution in [1.29, 1.82) is 5.26 Å². The molecule has 0 aromatic carbocycles. The van der Waals surface area contributed by atoms with Crippen LogP contribution < -0.4 is 11.5 Å². The van der Waals surface area contributed by atoms with Crippen LogP contribution in [0.3, 0.4) is 0 Å². The summed E-state index contributed by atoms with van der Waals surface area (Å²) in [7, 11) is 0. The number of nitrogens with two attached hydrogens (primary N) is 2. The molecule has 14 heavy (non-hydrogen) atoms. The number of fused-ring (bicyclic) bond motifs is 1. The molecule has 4 nitrogen and oxygen atoms in total. The maximum Gasteiger partial charge on any atom is 0.122 e. The maximum atomic E-state index is 8.95. The first kappa shape index (κ1) is 9.03. The number of nitrogens with zero attached hydrogens (tertiary/aromatic N) is 2. The molecule has 0 spiro atoms. The van der Waals surface area contributed by atoms with Crippen LogP contribution >= 0.6 is 12.2 Å². The van der Waals surface area contributed by atoms with Gasteiger partial charge in [0, 0.05) is 12.2 Å². The van der Waals surface area contributed by atoms with E-state index < -0.39 is 0 Å². The number of nitrogen functional groups attached to an aromatic ring is 1. The van der Waals surface area contributed by atoms with E-state index >= 15 is 0 Å². The molecule has 1 aromatic heterocycles. The zero-order valence-corrected chi connectivity index (χ0v) is 8.40. The Hall–Kier alpha value is -1.54. The Balaban J connectivity index is 2.74. The Morgan fingerprint density at radius 1 is 1.57 bits per heavy atom. The summed E-state index contributed by atoms with van der Waals surface area (Å²) in [5.41, 5.74) is 14.0. The van der Waals surface area contributed by atoms with Crippen LogP contribution in [0.5, 0.6) is 0 Å². The maximum absolute atomic E-state index is 8.95. The topological polar surface area (TPSA) is 80.8 Å². The number of nitriles is 1. The summed E-state index contributed by atoms with van der Waals surface area (Å²) in [6, 6.07) is 2.11. The SMILES string of the molecule is N#Cc1c(N)c(C(N)=S)n2c1CCC2. The van der Waals surface area contributed by atoms with Gasteiger partial charge in [-0.3, -0.25) is 0 Å². The van der Waals surface area contributed by atoms with E-state index in [-0.39, 0.29) is 4.99 Å². The van der Waals surface area contributed by atoms with Gasteiger partial charge in [-0.2, -0.15) is 5.26 Å². The first-order valence-electron chi connectivity index (χ1n) is 4.37. The van der Waals surface area contributed by atoms with Gasteiger partial charge in [-0.1, -0.05) is 12.2 Å². The summed E-state index contributed by atoms with van der Waals surface area (Å²) >= 11 is 4.92. The summed E-state index contributed by atoms with van der Waals surface area (Å²) in [6.07, 6.45) is 1.91. The van der Waals surface area contributed by atoms with Gasteiger partial charge in [0.15, 0.2) is 0 Å². The lowest BCUT2D eigenvalue weighted by molar-refractivity contribution is 0.746. The lowest BCUT2D eigenvalue weighted by Gasteiger charge is -2.03. The van der Waals surface area contributed by atoms with Crippen LogP contribution in [0.15, 0.2) is 0 Å². The second kappa shape index (κ2) is 3.00. The van der Waals surface area contributed by atoms with Crippen molar-refractivity contribution in [3.05, 3.63) is 17.0 Å². The van der Waals surface area contributed by atoms with Crippen molar-refractivity contribution in [2.75, 3.05) is 5.73 Å². The Kier molecular flexibility index (Phi) is 1.93. The third-order valence-electron chi connectivity index (χ3n) is 2.55. The molecular weight excluding hydrogens is 196 g/mol. The highest BCUT2D eigenvalue weighted by Gasteiger charge is 2.25. The molecule has 72 valence electrons. The molecule has 0 saturated heterocycles. The quantitative estimate of drug-likeness (QED) is 0.656. The predicted molar refractivity (Wildman–Crippen MR) is 57.8 cm³/mol. The molecular formula is C9H10N4S. The summed E-state index contributed by atoms with van der Waals surface area (Å²) in [4.78, 5) is 0.271. The average molecular weight is 206 g/mol. The number of anilines is 1. The first-order valence-corrected chi connectivity index (χ1v) is 4.78. The monoisotopic (exact) mass is 206 g/mol. The van der Waals surface area contributed by atoms with E-state index in [9.17, 15) is 0 Å². The minimum absolute atomic E-state index is 0.271. The highest BCUT2D eigenvalue weighted by atomic mass is 32.1. The molecule has 1 aromatic rings. The predicted octanol–water partition coefficient (Wildman–Crippen LogP) is 0.522. The number of hydrogen-bond donors (Lipinski definition) is 2. The molecule has 0 bridgehead atoms. The van der Waals surface area contributed by atoms with Gasteiger partial charge < -0.3 is 16.0 Å². The van der Waals surface area contributed by atoms with Gasteiger partial charge in [-0.25, -0.2) is 0 Å². The van der Waals surface area contributed by atoms with E-state index in [0.717, 1.165) is 25.1 Å². The fourth-order valence-corrected chi connectivity index (χ4v) is 2.21. The molecule has 0 radical (unpaired) electrons. The summed E-state index contributed by atoms with van der Waals surface area (Å²) < 4.78 is 1.97. The Morgan fingerprint density at radius 2 is 2.29 bits per heavy atom. The number of hydrogen-bond acceptors (Lipinski definition) is 3. The number of thiocarbonyl (C=S) groups is 1. The van der Waals surface area contributed by atoms with Crippen molar-refractivity contribution < 1.29 is 0 Å². The van der Waals surface area contributed by atoms with Gasteiger partial charge in [0.2, 0.25) is 0 Å². The van der Waals surface area contributed by atoms with Gasteiger partial charge in [0.1, 0.15) is 16.8 Å². The Bertz CT molecular complexity index is 452. The third-order valence-corrected chi connectivity index (χ3v) is 2.74. The standard InChI is InChI=1S/C9H10N4S/c10-4-5-6-2-1-3-13(6)8(7(5)11)9(12)14/h1-3,11H2,(H2,12,14). The lowest BCUT2D eigenvalue weighted by atomic mass is 10.1. The highest BCUT2D eigenvalue weighted by molar-refractivity contribution is 7.80. The molecule has 0 aliphatic carbocycles. The fraction of sp³-hybridized carbons (Fsp3) is 0.333. The van der Waals surface area contributed by atoms with Crippen LogP contribution in [-0.2, 0) is 13.0 Å². The van der Waals surface area contributed by atoms with Crippen molar-refractivity contribution in [1.82, 2.24) is 4.57 Å². The molecule has 1 aliphatic rings. The van der Waals surface area contributed by atoms with Crippen LogP contribution in [-0.4, -0.2) is 9.56 Å². The van der Waals surface area contributed by atoms with E-state index in [1.54, 1.807) is 0 Å². The van der Waals surface area contributed by atoms with Gasteiger partial charge >= 0.3 is 0 Å². The molecule has 1 aliphatic heterocycles. The third kappa shape index (κ3) is 1.01. The van der Waals surface area contributed by atoms with Crippen molar-refractivity contribution in [3.8, 4) is 6.07 Å². The van der Waals surface area contributed by atoms with E-state index in [0.29, 0.717) is 16.9 Å². The van der Waals surface area contributed by atoms with Crippen molar-refractivity contribution >= 4 is 22.9 Å². The van der Waals surface area contributed by atoms with E-state index in [4.69, 9.17) is 28.9 Å². The van der Waals surface area contributed by atoms with Crippen LogP contribution in [0.25, 0.3) is 0 Å². The second-order valence-corrected chi connectivity index (χ2v) is 3.76. The van der Waals surface area contributed by atoms with Gasteiger partial charge in [-0.15, -0.1) is 0 Å². The van der Waals surface area contributed by atoms with Crippen molar-refractivity contribution in [2.24, 2.45) is 5.73 Å².